The minimum atomic E-state index is -3.33. The molecule has 0 saturated carbocycles. The summed E-state index contributed by atoms with van der Waals surface area (Å²) in [7, 11) is -0.0975. The zero-order chi connectivity index (χ0) is 13.8. The Labute approximate surface area is 119 Å². The summed E-state index contributed by atoms with van der Waals surface area (Å²) in [6.07, 6.45) is 2.06. The Bertz CT molecular complexity index is 350. The molecule has 2 atom stereocenters. The molecular weight excluding hydrogens is 320 g/mol. The molecule has 0 aromatic heterocycles. The zero-order valence-electron chi connectivity index (χ0n) is 11.3. The standard InChI is InChI=1S/C11H23BrN2O3S/c1-10-5-4-6-14(7-10)18(15,16)13(2)8-11(12)9-17-3/h10-11H,4-9H2,1-3H3. The van der Waals surface area contributed by atoms with Crippen molar-refractivity contribution in [1.29, 1.82) is 0 Å². The maximum absolute atomic E-state index is 12.4. The van der Waals surface area contributed by atoms with E-state index in [0.29, 0.717) is 32.2 Å². The molecule has 0 aliphatic carbocycles. The van der Waals surface area contributed by atoms with Crippen molar-refractivity contribution in [3.63, 3.8) is 0 Å². The van der Waals surface area contributed by atoms with E-state index in [9.17, 15) is 8.42 Å². The number of nitrogens with zero attached hydrogens (tertiary/aromatic N) is 2. The smallest absolute Gasteiger partial charge is 0.281 e. The average molecular weight is 343 g/mol. The van der Waals surface area contributed by atoms with Crippen LogP contribution in [0, 0.1) is 5.92 Å². The first-order chi connectivity index (χ1) is 8.37. The SMILES string of the molecule is COCC(Br)CN(C)S(=O)(=O)N1CCCC(C)C1. The molecule has 0 radical (unpaired) electrons. The van der Waals surface area contributed by atoms with Gasteiger partial charge in [0.25, 0.3) is 10.2 Å². The topological polar surface area (TPSA) is 49.9 Å². The number of hydrogen-bond donors (Lipinski definition) is 0. The monoisotopic (exact) mass is 342 g/mol. The van der Waals surface area contributed by atoms with Crippen molar-refractivity contribution < 1.29 is 13.2 Å². The van der Waals surface area contributed by atoms with Crippen LogP contribution in [0.5, 0.6) is 0 Å². The third-order valence-electron chi connectivity index (χ3n) is 3.14. The van der Waals surface area contributed by atoms with E-state index in [0.717, 1.165) is 12.8 Å². The highest BCUT2D eigenvalue weighted by atomic mass is 79.9. The third-order valence-corrected chi connectivity index (χ3v) is 5.62. The van der Waals surface area contributed by atoms with E-state index >= 15 is 0 Å². The second-order valence-electron chi connectivity index (χ2n) is 4.95. The van der Waals surface area contributed by atoms with Crippen LogP contribution in [0.3, 0.4) is 0 Å². The quantitative estimate of drug-likeness (QED) is 0.683. The fraction of sp³-hybridized carbons (Fsp3) is 1.00. The number of halogens is 1. The lowest BCUT2D eigenvalue weighted by atomic mass is 10.0. The second kappa shape index (κ2) is 7.19. The van der Waals surface area contributed by atoms with E-state index in [1.807, 2.05) is 0 Å². The van der Waals surface area contributed by atoms with Gasteiger partial charge in [0.1, 0.15) is 0 Å². The molecule has 1 saturated heterocycles. The van der Waals surface area contributed by atoms with Gasteiger partial charge in [-0.15, -0.1) is 0 Å². The molecule has 1 fully saturated rings. The van der Waals surface area contributed by atoms with Gasteiger partial charge in [0, 0.05) is 33.8 Å². The van der Waals surface area contributed by atoms with Gasteiger partial charge in [-0.1, -0.05) is 22.9 Å². The van der Waals surface area contributed by atoms with E-state index in [1.54, 1.807) is 18.5 Å². The predicted octanol–water partition coefficient (Wildman–Crippen LogP) is 1.30. The van der Waals surface area contributed by atoms with Gasteiger partial charge in [0.15, 0.2) is 0 Å². The molecule has 0 bridgehead atoms. The van der Waals surface area contributed by atoms with Crippen LogP contribution in [0.1, 0.15) is 19.8 Å². The average Bonchev–Trinajstić information content (AvgIpc) is 2.29. The normalized spacial score (nSPS) is 24.4. The second-order valence-corrected chi connectivity index (χ2v) is 8.28. The lowest BCUT2D eigenvalue weighted by molar-refractivity contribution is 0.193. The number of hydrogen-bond acceptors (Lipinski definition) is 3. The number of ether oxygens (including phenoxy) is 1. The summed E-state index contributed by atoms with van der Waals surface area (Å²) in [4.78, 5) is 0.0180. The van der Waals surface area contributed by atoms with E-state index in [1.165, 1.54) is 4.31 Å². The summed E-state index contributed by atoms with van der Waals surface area (Å²) in [6, 6.07) is 0. The molecule has 1 heterocycles. The summed E-state index contributed by atoms with van der Waals surface area (Å²) in [6.45, 7) is 4.27. The Morgan fingerprint density at radius 3 is 2.78 bits per heavy atom. The van der Waals surface area contributed by atoms with Crippen molar-refractivity contribution in [3.05, 3.63) is 0 Å². The summed E-state index contributed by atoms with van der Waals surface area (Å²) >= 11 is 3.42. The van der Waals surface area contributed by atoms with Gasteiger partial charge in [-0.25, -0.2) is 0 Å². The van der Waals surface area contributed by atoms with Crippen LogP contribution in [0.25, 0.3) is 0 Å². The minimum Gasteiger partial charge on any atom is -0.383 e. The molecule has 2 unspecified atom stereocenters. The van der Waals surface area contributed by atoms with Crippen LogP contribution >= 0.6 is 15.9 Å². The molecule has 18 heavy (non-hydrogen) atoms. The Morgan fingerprint density at radius 2 is 2.22 bits per heavy atom. The van der Waals surface area contributed by atoms with Crippen LogP contribution in [-0.4, -0.2) is 62.3 Å². The summed E-state index contributed by atoms with van der Waals surface area (Å²) in [5.41, 5.74) is 0. The van der Waals surface area contributed by atoms with Crippen LogP contribution in [0.2, 0.25) is 0 Å². The number of alkyl halides is 1. The molecule has 0 N–H and O–H groups in total. The first kappa shape index (κ1) is 16.4. The molecule has 5 nitrogen and oxygen atoms in total. The van der Waals surface area contributed by atoms with Crippen molar-refractivity contribution >= 4 is 26.1 Å². The maximum Gasteiger partial charge on any atom is 0.281 e. The highest BCUT2D eigenvalue weighted by Gasteiger charge is 2.31. The maximum atomic E-state index is 12.4. The highest BCUT2D eigenvalue weighted by Crippen LogP contribution is 2.20. The van der Waals surface area contributed by atoms with Gasteiger partial charge >= 0.3 is 0 Å². The number of piperidine rings is 1. The van der Waals surface area contributed by atoms with Crippen LogP contribution < -0.4 is 0 Å². The van der Waals surface area contributed by atoms with Crippen molar-refractivity contribution in [2.75, 3.05) is 40.4 Å². The fourth-order valence-electron chi connectivity index (χ4n) is 2.16. The molecule has 1 aliphatic rings. The largest absolute Gasteiger partial charge is 0.383 e. The van der Waals surface area contributed by atoms with Gasteiger partial charge < -0.3 is 4.74 Å². The Morgan fingerprint density at radius 1 is 1.56 bits per heavy atom. The Balaban J connectivity index is 2.61. The van der Waals surface area contributed by atoms with Crippen molar-refractivity contribution in [2.24, 2.45) is 5.92 Å². The fourth-order valence-corrected chi connectivity index (χ4v) is 4.62. The first-order valence-electron chi connectivity index (χ1n) is 6.22. The van der Waals surface area contributed by atoms with Crippen LogP contribution in [-0.2, 0) is 14.9 Å². The van der Waals surface area contributed by atoms with Crippen LogP contribution in [0.15, 0.2) is 0 Å². The summed E-state index contributed by atoms with van der Waals surface area (Å²) in [5, 5.41) is 0. The van der Waals surface area contributed by atoms with Crippen LogP contribution in [0.4, 0.5) is 0 Å². The van der Waals surface area contributed by atoms with Gasteiger partial charge in [0.2, 0.25) is 0 Å². The van der Waals surface area contributed by atoms with Gasteiger partial charge in [0.05, 0.1) is 11.4 Å². The molecule has 0 spiro atoms. The van der Waals surface area contributed by atoms with Gasteiger partial charge in [-0.2, -0.15) is 17.0 Å². The zero-order valence-corrected chi connectivity index (χ0v) is 13.7. The first-order valence-corrected chi connectivity index (χ1v) is 8.53. The molecule has 7 heteroatoms. The molecule has 1 rings (SSSR count). The van der Waals surface area contributed by atoms with E-state index in [-0.39, 0.29) is 4.83 Å². The van der Waals surface area contributed by atoms with Crippen molar-refractivity contribution in [3.8, 4) is 0 Å². The van der Waals surface area contributed by atoms with E-state index in [4.69, 9.17) is 4.74 Å². The Kier molecular flexibility index (Phi) is 6.54. The highest BCUT2D eigenvalue weighted by molar-refractivity contribution is 9.09. The van der Waals surface area contributed by atoms with E-state index < -0.39 is 10.2 Å². The van der Waals surface area contributed by atoms with Crippen molar-refractivity contribution in [2.45, 2.75) is 24.6 Å². The predicted molar refractivity (Wildman–Crippen MR) is 76.1 cm³/mol. The molecule has 0 amide bonds. The Hall–Kier alpha value is 0.310. The summed E-state index contributed by atoms with van der Waals surface area (Å²) in [5.74, 6) is 0.445. The molecule has 108 valence electrons. The molecular formula is C11H23BrN2O3S. The van der Waals surface area contributed by atoms with Crippen molar-refractivity contribution in [1.82, 2.24) is 8.61 Å². The lowest BCUT2D eigenvalue weighted by Gasteiger charge is -2.33. The minimum absolute atomic E-state index is 0.0180. The van der Waals surface area contributed by atoms with Gasteiger partial charge in [-0.3, -0.25) is 0 Å². The molecule has 0 aromatic carbocycles. The van der Waals surface area contributed by atoms with Gasteiger partial charge in [-0.05, 0) is 18.8 Å². The lowest BCUT2D eigenvalue weighted by Crippen LogP contribution is -2.47. The van der Waals surface area contributed by atoms with E-state index in [2.05, 4.69) is 22.9 Å². The molecule has 1 aliphatic heterocycles. The number of methoxy groups -OCH3 is 1. The third kappa shape index (κ3) is 4.45. The summed E-state index contributed by atoms with van der Waals surface area (Å²) < 4.78 is 32.7. The number of rotatable bonds is 6. The molecule has 0 aromatic rings.